The predicted molar refractivity (Wildman–Crippen MR) is 61.6 cm³/mol. The van der Waals surface area contributed by atoms with Gasteiger partial charge in [-0.1, -0.05) is 0 Å². The Kier molecular flexibility index (Phi) is 3.06. The minimum absolute atomic E-state index is 0.161. The maximum atomic E-state index is 11.4. The van der Waals surface area contributed by atoms with Gasteiger partial charge in [-0.05, 0) is 19.8 Å². The molecule has 0 aromatic carbocycles. The number of nitrogens with zero attached hydrogens (tertiary/aromatic N) is 2. The third kappa shape index (κ3) is 2.26. The first kappa shape index (κ1) is 11.9. The van der Waals surface area contributed by atoms with Gasteiger partial charge in [0.2, 0.25) is 0 Å². The Morgan fingerprint density at radius 3 is 3.12 bits per heavy atom. The molecule has 6 heteroatoms. The number of methoxy groups -OCH3 is 1. The molecule has 1 aliphatic rings. The Balaban J connectivity index is 2.17. The fourth-order valence-electron chi connectivity index (χ4n) is 2.09. The second-order valence-corrected chi connectivity index (χ2v) is 4.50. The van der Waals surface area contributed by atoms with E-state index in [-0.39, 0.29) is 11.3 Å². The van der Waals surface area contributed by atoms with E-state index < -0.39 is 5.97 Å². The Morgan fingerprint density at radius 2 is 2.53 bits per heavy atom. The number of carbonyl (C=O) groups is 1. The van der Waals surface area contributed by atoms with Crippen LogP contribution in [-0.4, -0.2) is 34.8 Å². The first-order valence-corrected chi connectivity index (χ1v) is 5.58. The van der Waals surface area contributed by atoms with Crippen LogP contribution >= 0.6 is 0 Å². The molecule has 0 radical (unpaired) electrons. The number of carbonyl (C=O) groups excluding carboxylic acids is 1. The van der Waals surface area contributed by atoms with Gasteiger partial charge in [-0.15, -0.1) is 0 Å². The molecule has 1 aromatic heterocycles. The van der Waals surface area contributed by atoms with E-state index >= 15 is 0 Å². The van der Waals surface area contributed by atoms with Gasteiger partial charge >= 0.3 is 5.97 Å². The number of anilines is 1. The number of nitrogen functional groups attached to an aromatic ring is 1. The molecule has 94 valence electrons. The van der Waals surface area contributed by atoms with Crippen molar-refractivity contribution in [2.24, 2.45) is 0 Å². The zero-order chi connectivity index (χ0) is 12.5. The molecule has 17 heavy (non-hydrogen) atoms. The third-order valence-electron chi connectivity index (χ3n) is 3.06. The fourth-order valence-corrected chi connectivity index (χ4v) is 2.09. The molecular formula is C11H17N3O3. The van der Waals surface area contributed by atoms with Gasteiger partial charge in [0.05, 0.1) is 25.6 Å². The summed E-state index contributed by atoms with van der Waals surface area (Å²) in [7, 11) is 1.31. The van der Waals surface area contributed by atoms with Crippen molar-refractivity contribution >= 4 is 11.8 Å². The van der Waals surface area contributed by atoms with Gasteiger partial charge < -0.3 is 19.8 Å². The first-order valence-electron chi connectivity index (χ1n) is 5.58. The minimum Gasteiger partial charge on any atom is -0.464 e. The first-order chi connectivity index (χ1) is 8.06. The molecule has 1 aromatic rings. The van der Waals surface area contributed by atoms with Gasteiger partial charge in [-0.25, -0.2) is 9.78 Å². The predicted octanol–water partition coefficient (Wildman–Crippen LogP) is 0.821. The minimum atomic E-state index is -0.515. The Bertz CT molecular complexity index is 422. The number of ether oxygens (including phenoxy) is 2. The second kappa shape index (κ2) is 4.37. The third-order valence-corrected chi connectivity index (χ3v) is 3.06. The van der Waals surface area contributed by atoms with Crippen LogP contribution in [0.25, 0.3) is 0 Å². The molecule has 0 spiro atoms. The largest absolute Gasteiger partial charge is 0.464 e. The quantitative estimate of drug-likeness (QED) is 0.790. The van der Waals surface area contributed by atoms with Crippen molar-refractivity contribution in [3.63, 3.8) is 0 Å². The highest BCUT2D eigenvalue weighted by molar-refractivity contribution is 5.92. The van der Waals surface area contributed by atoms with Crippen LogP contribution in [0.5, 0.6) is 0 Å². The smallest absolute Gasteiger partial charge is 0.360 e. The highest BCUT2D eigenvalue weighted by Gasteiger charge is 2.31. The van der Waals surface area contributed by atoms with Crippen molar-refractivity contribution in [3.05, 3.63) is 12.0 Å². The summed E-state index contributed by atoms with van der Waals surface area (Å²) in [4.78, 5) is 15.3. The van der Waals surface area contributed by atoms with Gasteiger partial charge in [-0.2, -0.15) is 0 Å². The second-order valence-electron chi connectivity index (χ2n) is 4.50. The lowest BCUT2D eigenvalue weighted by Gasteiger charge is -2.23. The fraction of sp³-hybridized carbons (Fsp3) is 0.636. The van der Waals surface area contributed by atoms with E-state index in [2.05, 4.69) is 9.72 Å². The normalized spacial score (nSPS) is 23.9. The monoisotopic (exact) mass is 239 g/mol. The molecule has 2 rings (SSSR count). The molecule has 1 unspecified atom stereocenters. The maximum absolute atomic E-state index is 11.4. The number of hydrogen-bond acceptors (Lipinski definition) is 5. The lowest BCUT2D eigenvalue weighted by molar-refractivity contribution is 0.00660. The summed E-state index contributed by atoms with van der Waals surface area (Å²) in [6.07, 6.45) is 3.58. The van der Waals surface area contributed by atoms with E-state index in [1.165, 1.54) is 7.11 Å². The van der Waals surface area contributed by atoms with E-state index in [0.29, 0.717) is 12.4 Å². The molecule has 0 bridgehead atoms. The number of imidazole rings is 1. The van der Waals surface area contributed by atoms with E-state index in [0.717, 1.165) is 19.4 Å². The van der Waals surface area contributed by atoms with Crippen LogP contribution < -0.4 is 5.73 Å². The maximum Gasteiger partial charge on any atom is 0.360 e. The molecule has 1 atom stereocenters. The van der Waals surface area contributed by atoms with Gasteiger partial charge in [0.1, 0.15) is 5.82 Å². The SMILES string of the molecule is COC(=O)c1ncn(CC2(C)CCCO2)c1N. The van der Waals surface area contributed by atoms with Gasteiger partial charge in [0, 0.05) is 6.61 Å². The molecule has 6 nitrogen and oxygen atoms in total. The number of nitrogens with two attached hydrogens (primary N) is 1. The van der Waals surface area contributed by atoms with Gasteiger partial charge in [0.25, 0.3) is 0 Å². The number of rotatable bonds is 3. The Labute approximate surface area is 99.7 Å². The van der Waals surface area contributed by atoms with Crippen LogP contribution in [0, 0.1) is 0 Å². The average molecular weight is 239 g/mol. The van der Waals surface area contributed by atoms with Crippen LogP contribution in [0.15, 0.2) is 6.33 Å². The Hall–Kier alpha value is -1.56. The zero-order valence-corrected chi connectivity index (χ0v) is 10.1. The molecule has 0 amide bonds. The number of hydrogen-bond donors (Lipinski definition) is 1. The van der Waals surface area contributed by atoms with Gasteiger partial charge in [0.15, 0.2) is 5.69 Å². The zero-order valence-electron chi connectivity index (χ0n) is 10.1. The highest BCUT2D eigenvalue weighted by atomic mass is 16.5. The van der Waals surface area contributed by atoms with Crippen LogP contribution in [-0.2, 0) is 16.0 Å². The molecule has 2 N–H and O–H groups in total. The molecule has 1 aliphatic heterocycles. The van der Waals surface area contributed by atoms with Crippen LogP contribution in [0.3, 0.4) is 0 Å². The lowest BCUT2D eigenvalue weighted by Crippen LogP contribution is -2.29. The molecule has 1 fully saturated rings. The topological polar surface area (TPSA) is 79.4 Å². The highest BCUT2D eigenvalue weighted by Crippen LogP contribution is 2.28. The van der Waals surface area contributed by atoms with Crippen molar-refractivity contribution in [3.8, 4) is 0 Å². The lowest BCUT2D eigenvalue weighted by atomic mass is 10.0. The summed E-state index contributed by atoms with van der Waals surface area (Å²) < 4.78 is 12.0. The van der Waals surface area contributed by atoms with Crippen molar-refractivity contribution in [1.29, 1.82) is 0 Å². The van der Waals surface area contributed by atoms with Crippen molar-refractivity contribution < 1.29 is 14.3 Å². The number of esters is 1. The molecule has 0 aliphatic carbocycles. The summed E-state index contributed by atoms with van der Waals surface area (Å²) in [5.41, 5.74) is 5.80. The van der Waals surface area contributed by atoms with E-state index in [1.807, 2.05) is 6.92 Å². The number of aromatic nitrogens is 2. The summed E-state index contributed by atoms with van der Waals surface area (Å²) in [6, 6.07) is 0. The van der Waals surface area contributed by atoms with E-state index in [4.69, 9.17) is 10.5 Å². The van der Waals surface area contributed by atoms with Crippen LogP contribution in [0.1, 0.15) is 30.3 Å². The average Bonchev–Trinajstić information content (AvgIpc) is 2.87. The molecule has 2 heterocycles. The van der Waals surface area contributed by atoms with E-state index in [9.17, 15) is 4.79 Å². The van der Waals surface area contributed by atoms with Crippen LogP contribution in [0.2, 0.25) is 0 Å². The van der Waals surface area contributed by atoms with Crippen LogP contribution in [0.4, 0.5) is 5.82 Å². The standard InChI is InChI=1S/C11H17N3O3/c1-11(4-3-5-17-11)6-14-7-13-8(9(14)12)10(15)16-2/h7H,3-6,12H2,1-2H3. The van der Waals surface area contributed by atoms with Crippen molar-refractivity contribution in [1.82, 2.24) is 9.55 Å². The summed E-state index contributed by atoms with van der Waals surface area (Å²) >= 11 is 0. The van der Waals surface area contributed by atoms with Crippen molar-refractivity contribution in [2.75, 3.05) is 19.5 Å². The summed E-state index contributed by atoms with van der Waals surface area (Å²) in [5, 5.41) is 0. The van der Waals surface area contributed by atoms with E-state index in [1.54, 1.807) is 10.9 Å². The molecule has 0 saturated carbocycles. The van der Waals surface area contributed by atoms with Crippen molar-refractivity contribution in [2.45, 2.75) is 31.9 Å². The summed E-state index contributed by atoms with van der Waals surface area (Å²) in [6.45, 7) is 3.41. The Morgan fingerprint density at radius 1 is 1.76 bits per heavy atom. The molecular weight excluding hydrogens is 222 g/mol. The van der Waals surface area contributed by atoms with Gasteiger partial charge in [-0.3, -0.25) is 0 Å². The molecule has 1 saturated heterocycles. The summed E-state index contributed by atoms with van der Waals surface area (Å²) in [5.74, 6) is -0.188.